The van der Waals surface area contributed by atoms with Crippen LogP contribution in [0, 0.1) is 0 Å². The highest BCUT2D eigenvalue weighted by Gasteiger charge is 2.25. The summed E-state index contributed by atoms with van der Waals surface area (Å²) in [5.74, 6) is 2.20. The second kappa shape index (κ2) is 8.52. The fourth-order valence-corrected chi connectivity index (χ4v) is 3.98. The van der Waals surface area contributed by atoms with Gasteiger partial charge < -0.3 is 19.5 Å². The van der Waals surface area contributed by atoms with Crippen LogP contribution in [0.5, 0.6) is 17.2 Å². The monoisotopic (exact) mass is 382 g/mol. The van der Waals surface area contributed by atoms with E-state index in [2.05, 4.69) is 10.2 Å². The van der Waals surface area contributed by atoms with Crippen molar-refractivity contribution in [3.8, 4) is 17.2 Å². The van der Waals surface area contributed by atoms with Crippen molar-refractivity contribution < 1.29 is 19.0 Å². The number of nitrogens with zero attached hydrogens (tertiary/aromatic N) is 1. The van der Waals surface area contributed by atoms with E-state index in [0.717, 1.165) is 29.9 Å². The molecule has 2 aliphatic rings. The molecule has 1 aliphatic carbocycles. The quantitative estimate of drug-likeness (QED) is 0.789. The number of amides is 1. The molecule has 148 valence electrons. The normalized spacial score (nSPS) is 15.8. The maximum Gasteiger partial charge on any atom is 0.238 e. The molecule has 4 rings (SSSR count). The van der Waals surface area contributed by atoms with E-state index in [1.807, 2.05) is 42.5 Å². The summed E-state index contributed by atoms with van der Waals surface area (Å²) in [6.45, 7) is 1.32. The van der Waals surface area contributed by atoms with E-state index in [9.17, 15) is 4.79 Å². The van der Waals surface area contributed by atoms with E-state index in [4.69, 9.17) is 14.2 Å². The molecule has 0 aromatic heterocycles. The molecule has 6 heteroatoms. The molecule has 0 spiro atoms. The number of ether oxygens (including phenoxy) is 3. The van der Waals surface area contributed by atoms with Crippen molar-refractivity contribution in [1.29, 1.82) is 0 Å². The average molecular weight is 382 g/mol. The van der Waals surface area contributed by atoms with Gasteiger partial charge in [0.05, 0.1) is 19.3 Å². The first kappa shape index (κ1) is 18.6. The summed E-state index contributed by atoms with van der Waals surface area (Å²) in [5.41, 5.74) is 1.82. The molecule has 1 heterocycles. The Morgan fingerprint density at radius 3 is 2.75 bits per heavy atom. The molecule has 1 saturated carbocycles. The van der Waals surface area contributed by atoms with Crippen LogP contribution in [0.2, 0.25) is 0 Å². The van der Waals surface area contributed by atoms with Gasteiger partial charge in [-0.05, 0) is 42.7 Å². The van der Waals surface area contributed by atoms with E-state index in [-0.39, 0.29) is 12.7 Å². The number of hydrogen-bond acceptors (Lipinski definition) is 5. The Hall–Kier alpha value is -2.73. The van der Waals surface area contributed by atoms with E-state index < -0.39 is 0 Å². The minimum Gasteiger partial charge on any atom is -0.495 e. The zero-order chi connectivity index (χ0) is 19.3. The standard InChI is InChI=1S/C22H26N2O4/c1-26-19-9-5-4-8-18(19)23-22(25)14-24(17-6-2-3-7-17)13-16-10-11-20-21(12-16)28-15-27-20/h4-5,8-12,17H,2-3,6-7,13-15H2,1H3,(H,23,25). The Bertz CT molecular complexity index is 833. The van der Waals surface area contributed by atoms with Crippen LogP contribution >= 0.6 is 0 Å². The minimum atomic E-state index is -0.0304. The smallest absolute Gasteiger partial charge is 0.238 e. The summed E-state index contributed by atoms with van der Waals surface area (Å²) < 4.78 is 16.2. The van der Waals surface area contributed by atoms with Crippen molar-refractivity contribution in [2.75, 3.05) is 25.8 Å². The summed E-state index contributed by atoms with van der Waals surface area (Å²) in [6, 6.07) is 13.9. The first-order valence-corrected chi connectivity index (χ1v) is 9.78. The highest BCUT2D eigenvalue weighted by molar-refractivity contribution is 5.93. The number of fused-ring (bicyclic) bond motifs is 1. The lowest BCUT2D eigenvalue weighted by Gasteiger charge is -2.28. The lowest BCUT2D eigenvalue weighted by Crippen LogP contribution is -2.39. The SMILES string of the molecule is COc1ccccc1NC(=O)CN(Cc1ccc2c(c1)OCO2)C1CCCC1. The van der Waals surface area contributed by atoms with Crippen LogP contribution in [-0.4, -0.2) is 37.3 Å². The van der Waals surface area contributed by atoms with Crippen LogP contribution in [0.3, 0.4) is 0 Å². The lowest BCUT2D eigenvalue weighted by molar-refractivity contribution is -0.118. The molecule has 1 N–H and O–H groups in total. The maximum atomic E-state index is 12.8. The summed E-state index contributed by atoms with van der Waals surface area (Å²) in [7, 11) is 1.61. The average Bonchev–Trinajstić information content (AvgIpc) is 3.39. The van der Waals surface area contributed by atoms with Gasteiger partial charge in [0.2, 0.25) is 12.7 Å². The number of hydrogen-bond donors (Lipinski definition) is 1. The van der Waals surface area contributed by atoms with Crippen molar-refractivity contribution >= 4 is 11.6 Å². The molecule has 0 unspecified atom stereocenters. The Balaban J connectivity index is 1.46. The highest BCUT2D eigenvalue weighted by atomic mass is 16.7. The number of rotatable bonds is 7. The van der Waals surface area contributed by atoms with E-state index >= 15 is 0 Å². The minimum absolute atomic E-state index is 0.0304. The fourth-order valence-electron chi connectivity index (χ4n) is 3.98. The predicted octanol–water partition coefficient (Wildman–Crippen LogP) is 3.81. The summed E-state index contributed by atoms with van der Waals surface area (Å²) >= 11 is 0. The van der Waals surface area contributed by atoms with Crippen LogP contribution in [0.15, 0.2) is 42.5 Å². The Kier molecular flexibility index (Phi) is 5.67. The lowest BCUT2D eigenvalue weighted by atomic mass is 10.1. The molecular formula is C22H26N2O4. The van der Waals surface area contributed by atoms with Crippen LogP contribution in [0.1, 0.15) is 31.2 Å². The zero-order valence-corrected chi connectivity index (χ0v) is 16.1. The molecule has 28 heavy (non-hydrogen) atoms. The third-order valence-corrected chi connectivity index (χ3v) is 5.39. The second-order valence-electron chi connectivity index (χ2n) is 7.28. The number of nitrogens with one attached hydrogen (secondary N) is 1. The summed E-state index contributed by atoms with van der Waals surface area (Å²) in [4.78, 5) is 15.0. The first-order chi connectivity index (χ1) is 13.7. The van der Waals surface area contributed by atoms with Gasteiger partial charge >= 0.3 is 0 Å². The Labute approximate surface area is 165 Å². The fraction of sp³-hybridized carbons (Fsp3) is 0.409. The van der Waals surface area contributed by atoms with Crippen molar-refractivity contribution in [3.05, 3.63) is 48.0 Å². The zero-order valence-electron chi connectivity index (χ0n) is 16.1. The van der Waals surface area contributed by atoms with Gasteiger partial charge in [0.15, 0.2) is 11.5 Å². The largest absolute Gasteiger partial charge is 0.495 e. The molecule has 0 radical (unpaired) electrons. The highest BCUT2D eigenvalue weighted by Crippen LogP contribution is 2.33. The molecule has 1 aliphatic heterocycles. The molecule has 0 atom stereocenters. The van der Waals surface area contributed by atoms with Crippen LogP contribution < -0.4 is 19.5 Å². The van der Waals surface area contributed by atoms with Gasteiger partial charge in [-0.2, -0.15) is 0 Å². The van der Waals surface area contributed by atoms with Gasteiger partial charge in [0.1, 0.15) is 5.75 Å². The predicted molar refractivity (Wildman–Crippen MR) is 107 cm³/mol. The number of methoxy groups -OCH3 is 1. The molecule has 2 aromatic rings. The number of carbonyl (C=O) groups excluding carboxylic acids is 1. The van der Waals surface area contributed by atoms with Crippen molar-refractivity contribution in [2.24, 2.45) is 0 Å². The van der Waals surface area contributed by atoms with E-state index in [1.165, 1.54) is 12.8 Å². The first-order valence-electron chi connectivity index (χ1n) is 9.78. The van der Waals surface area contributed by atoms with Gasteiger partial charge in [0.25, 0.3) is 0 Å². The molecular weight excluding hydrogens is 356 g/mol. The second-order valence-corrected chi connectivity index (χ2v) is 7.28. The summed E-state index contributed by atoms with van der Waals surface area (Å²) in [6.07, 6.45) is 4.70. The maximum absolute atomic E-state index is 12.8. The van der Waals surface area contributed by atoms with Crippen molar-refractivity contribution in [3.63, 3.8) is 0 Å². The molecule has 2 aromatic carbocycles. The van der Waals surface area contributed by atoms with Gasteiger partial charge in [0, 0.05) is 12.6 Å². The van der Waals surface area contributed by atoms with E-state index in [0.29, 0.717) is 30.6 Å². The molecule has 6 nitrogen and oxygen atoms in total. The van der Waals surface area contributed by atoms with Crippen LogP contribution in [-0.2, 0) is 11.3 Å². The summed E-state index contributed by atoms with van der Waals surface area (Å²) in [5, 5.41) is 2.99. The van der Waals surface area contributed by atoms with Crippen molar-refractivity contribution in [2.45, 2.75) is 38.3 Å². The number of para-hydroxylation sites is 2. The van der Waals surface area contributed by atoms with Crippen molar-refractivity contribution in [1.82, 2.24) is 4.90 Å². The third-order valence-electron chi connectivity index (χ3n) is 5.39. The Morgan fingerprint density at radius 2 is 1.93 bits per heavy atom. The molecule has 0 saturated heterocycles. The molecule has 0 bridgehead atoms. The van der Waals surface area contributed by atoms with Gasteiger partial charge in [-0.3, -0.25) is 9.69 Å². The number of anilines is 1. The van der Waals surface area contributed by atoms with Gasteiger partial charge in [-0.25, -0.2) is 0 Å². The van der Waals surface area contributed by atoms with E-state index in [1.54, 1.807) is 7.11 Å². The van der Waals surface area contributed by atoms with Gasteiger partial charge in [-0.15, -0.1) is 0 Å². The molecule has 1 fully saturated rings. The third kappa shape index (κ3) is 4.22. The van der Waals surface area contributed by atoms with Gasteiger partial charge in [-0.1, -0.05) is 31.0 Å². The van der Waals surface area contributed by atoms with Crippen LogP contribution in [0.25, 0.3) is 0 Å². The van der Waals surface area contributed by atoms with Crippen LogP contribution in [0.4, 0.5) is 5.69 Å². The Morgan fingerprint density at radius 1 is 1.14 bits per heavy atom. The topological polar surface area (TPSA) is 60.0 Å². The number of carbonyl (C=O) groups is 1. The molecule has 1 amide bonds. The number of benzene rings is 2.